The van der Waals surface area contributed by atoms with E-state index in [1.54, 1.807) is 0 Å². The summed E-state index contributed by atoms with van der Waals surface area (Å²) >= 11 is 0. The lowest BCUT2D eigenvalue weighted by atomic mass is 10.3. The number of aromatic nitrogens is 4. The van der Waals surface area contributed by atoms with Crippen LogP contribution in [0.1, 0.15) is 25.6 Å². The van der Waals surface area contributed by atoms with Crippen molar-refractivity contribution in [2.75, 3.05) is 0 Å². The van der Waals surface area contributed by atoms with E-state index in [1.807, 2.05) is 41.2 Å². The lowest BCUT2D eigenvalue weighted by Crippen LogP contribution is -2.18. The van der Waals surface area contributed by atoms with Crippen molar-refractivity contribution in [3.63, 3.8) is 0 Å². The zero-order valence-corrected chi connectivity index (χ0v) is 12.2. The third-order valence-electron chi connectivity index (χ3n) is 3.74. The quantitative estimate of drug-likeness (QED) is 0.756. The summed E-state index contributed by atoms with van der Waals surface area (Å²) in [7, 11) is 0. The highest BCUT2D eigenvalue weighted by Crippen LogP contribution is 2.10. The van der Waals surface area contributed by atoms with Crippen LogP contribution < -0.4 is 5.69 Å². The van der Waals surface area contributed by atoms with Crippen molar-refractivity contribution in [3.8, 4) is 0 Å². The fourth-order valence-electron chi connectivity index (χ4n) is 2.72. The smallest absolute Gasteiger partial charge is 0.326 e. The van der Waals surface area contributed by atoms with Crippen molar-refractivity contribution in [3.05, 3.63) is 53.0 Å². The Balaban J connectivity index is 1.71. The van der Waals surface area contributed by atoms with Gasteiger partial charge in [-0.25, -0.2) is 9.78 Å². The highest BCUT2D eigenvalue weighted by molar-refractivity contribution is 5.74. The number of H-pyrrole nitrogens is 1. The summed E-state index contributed by atoms with van der Waals surface area (Å²) in [5.41, 5.74) is 1.84. The van der Waals surface area contributed by atoms with Gasteiger partial charge in [-0.1, -0.05) is 19.1 Å². The average Bonchev–Trinajstić information content (AvgIpc) is 3.05. The Bertz CT molecular complexity index is 781. The molecule has 0 saturated carbocycles. The molecule has 5 nitrogen and oxygen atoms in total. The number of hydrogen-bond acceptors (Lipinski definition) is 2. The predicted molar refractivity (Wildman–Crippen MR) is 83.4 cm³/mol. The largest absolute Gasteiger partial charge is 0.335 e. The summed E-state index contributed by atoms with van der Waals surface area (Å²) in [6.45, 7) is 3.76. The fourth-order valence-corrected chi connectivity index (χ4v) is 2.72. The Morgan fingerprint density at radius 1 is 1.24 bits per heavy atom. The van der Waals surface area contributed by atoms with Crippen LogP contribution in [-0.2, 0) is 19.5 Å². The van der Waals surface area contributed by atoms with Crippen molar-refractivity contribution in [1.82, 2.24) is 19.1 Å². The van der Waals surface area contributed by atoms with Crippen LogP contribution in [-0.4, -0.2) is 19.1 Å². The van der Waals surface area contributed by atoms with Gasteiger partial charge >= 0.3 is 5.69 Å². The summed E-state index contributed by atoms with van der Waals surface area (Å²) in [6.07, 6.45) is 6.87. The van der Waals surface area contributed by atoms with Gasteiger partial charge < -0.3 is 9.55 Å². The SMILES string of the molecule is CCCc1nccn1CCCn1c(=O)[nH]c2ccccc21. The second kappa shape index (κ2) is 5.99. The molecule has 110 valence electrons. The Morgan fingerprint density at radius 3 is 2.95 bits per heavy atom. The topological polar surface area (TPSA) is 55.6 Å². The van der Waals surface area contributed by atoms with Gasteiger partial charge in [-0.2, -0.15) is 0 Å². The predicted octanol–water partition coefficient (Wildman–Crippen LogP) is 2.57. The number of rotatable bonds is 6. The van der Waals surface area contributed by atoms with Crippen LogP contribution >= 0.6 is 0 Å². The molecule has 0 bridgehead atoms. The van der Waals surface area contributed by atoms with Crippen LogP contribution in [0.5, 0.6) is 0 Å². The molecule has 5 heteroatoms. The molecule has 0 aliphatic heterocycles. The minimum Gasteiger partial charge on any atom is -0.335 e. The highest BCUT2D eigenvalue weighted by atomic mass is 16.1. The molecule has 3 aromatic rings. The number of hydrogen-bond donors (Lipinski definition) is 1. The molecule has 0 aliphatic rings. The number of nitrogens with zero attached hydrogens (tertiary/aromatic N) is 3. The molecule has 0 saturated heterocycles. The van der Waals surface area contributed by atoms with Crippen molar-refractivity contribution in [2.45, 2.75) is 39.3 Å². The van der Waals surface area contributed by atoms with Crippen LogP contribution in [0.4, 0.5) is 0 Å². The molecule has 21 heavy (non-hydrogen) atoms. The lowest BCUT2D eigenvalue weighted by molar-refractivity contribution is 0.545. The number of imidazole rings is 2. The summed E-state index contributed by atoms with van der Waals surface area (Å²) in [5.74, 6) is 1.13. The molecule has 0 amide bonds. The fraction of sp³-hybridized carbons (Fsp3) is 0.375. The molecule has 0 aliphatic carbocycles. The molecular formula is C16H20N4O. The maximum atomic E-state index is 12.0. The van der Waals surface area contributed by atoms with E-state index in [9.17, 15) is 4.79 Å². The lowest BCUT2D eigenvalue weighted by Gasteiger charge is -2.08. The molecule has 0 unspecified atom stereocenters. The standard InChI is InChI=1S/C16H20N4O/c1-2-6-15-17-9-12-19(15)10-5-11-20-14-8-4-3-7-13(14)18-16(20)21/h3-4,7-9,12H,2,5-6,10-11H2,1H3,(H,18,21). The van der Waals surface area contributed by atoms with E-state index in [2.05, 4.69) is 21.5 Å². The van der Waals surface area contributed by atoms with Crippen LogP contribution in [0.3, 0.4) is 0 Å². The van der Waals surface area contributed by atoms with Crippen molar-refractivity contribution < 1.29 is 0 Å². The van der Waals surface area contributed by atoms with Gasteiger partial charge in [0.1, 0.15) is 5.82 Å². The number of nitrogens with one attached hydrogen (secondary N) is 1. The van der Waals surface area contributed by atoms with Gasteiger partial charge in [0, 0.05) is 31.9 Å². The van der Waals surface area contributed by atoms with Crippen molar-refractivity contribution >= 4 is 11.0 Å². The van der Waals surface area contributed by atoms with Gasteiger partial charge in [0.05, 0.1) is 11.0 Å². The zero-order chi connectivity index (χ0) is 14.7. The maximum absolute atomic E-state index is 12.0. The van der Waals surface area contributed by atoms with E-state index in [0.29, 0.717) is 6.54 Å². The molecule has 0 atom stereocenters. The molecular weight excluding hydrogens is 264 g/mol. The molecule has 2 heterocycles. The Labute approximate surface area is 123 Å². The van der Waals surface area contributed by atoms with E-state index in [0.717, 1.165) is 42.7 Å². The molecule has 1 N–H and O–H groups in total. The number of aryl methyl sites for hydroxylation is 3. The van der Waals surface area contributed by atoms with Gasteiger partial charge in [-0.05, 0) is 25.0 Å². The van der Waals surface area contributed by atoms with E-state index >= 15 is 0 Å². The Hall–Kier alpha value is -2.30. The average molecular weight is 284 g/mol. The Morgan fingerprint density at radius 2 is 2.10 bits per heavy atom. The number of fused-ring (bicyclic) bond motifs is 1. The molecule has 0 fully saturated rings. The summed E-state index contributed by atoms with van der Waals surface area (Å²) < 4.78 is 4.00. The second-order valence-electron chi connectivity index (χ2n) is 5.24. The third-order valence-corrected chi connectivity index (χ3v) is 3.74. The molecule has 0 spiro atoms. The summed E-state index contributed by atoms with van der Waals surface area (Å²) in [4.78, 5) is 19.3. The maximum Gasteiger partial charge on any atom is 0.326 e. The molecule has 2 aromatic heterocycles. The van der Waals surface area contributed by atoms with E-state index in [4.69, 9.17) is 0 Å². The van der Waals surface area contributed by atoms with E-state index in [-0.39, 0.29) is 5.69 Å². The van der Waals surface area contributed by atoms with E-state index < -0.39 is 0 Å². The van der Waals surface area contributed by atoms with Crippen molar-refractivity contribution in [2.24, 2.45) is 0 Å². The minimum absolute atomic E-state index is 0.0318. The van der Waals surface area contributed by atoms with Gasteiger partial charge in [-0.3, -0.25) is 4.57 Å². The monoisotopic (exact) mass is 284 g/mol. The molecule has 0 radical (unpaired) electrons. The van der Waals surface area contributed by atoms with Gasteiger partial charge in [-0.15, -0.1) is 0 Å². The van der Waals surface area contributed by atoms with Crippen LogP contribution in [0.25, 0.3) is 11.0 Å². The van der Waals surface area contributed by atoms with Crippen LogP contribution in [0.15, 0.2) is 41.5 Å². The number of aromatic amines is 1. The Kier molecular flexibility index (Phi) is 3.90. The van der Waals surface area contributed by atoms with Crippen LogP contribution in [0, 0.1) is 0 Å². The van der Waals surface area contributed by atoms with Gasteiger partial charge in [0.2, 0.25) is 0 Å². The highest BCUT2D eigenvalue weighted by Gasteiger charge is 2.06. The summed E-state index contributed by atoms with van der Waals surface area (Å²) in [6, 6.07) is 7.81. The van der Waals surface area contributed by atoms with Gasteiger partial charge in [0.25, 0.3) is 0 Å². The second-order valence-corrected chi connectivity index (χ2v) is 5.24. The zero-order valence-electron chi connectivity index (χ0n) is 12.2. The third kappa shape index (κ3) is 2.77. The first-order chi connectivity index (χ1) is 10.3. The first-order valence-corrected chi connectivity index (χ1v) is 7.47. The van der Waals surface area contributed by atoms with Gasteiger partial charge in [0.15, 0.2) is 0 Å². The normalized spacial score (nSPS) is 11.3. The molecule has 1 aromatic carbocycles. The first-order valence-electron chi connectivity index (χ1n) is 7.47. The molecule has 3 rings (SSSR count). The minimum atomic E-state index is -0.0318. The van der Waals surface area contributed by atoms with Crippen LogP contribution in [0.2, 0.25) is 0 Å². The first kappa shape index (κ1) is 13.7. The number of para-hydroxylation sites is 2. The number of benzene rings is 1. The van der Waals surface area contributed by atoms with Crippen molar-refractivity contribution in [1.29, 1.82) is 0 Å². The van der Waals surface area contributed by atoms with E-state index in [1.165, 1.54) is 0 Å². The summed E-state index contributed by atoms with van der Waals surface area (Å²) in [5, 5.41) is 0.